The number of nitrogens with two attached hydrogens (primary N) is 1. The van der Waals surface area contributed by atoms with Crippen LogP contribution >= 0.6 is 0 Å². The van der Waals surface area contributed by atoms with Gasteiger partial charge in [-0.05, 0) is 49.4 Å². The molecule has 5 unspecified atom stereocenters. The van der Waals surface area contributed by atoms with Gasteiger partial charge in [0.25, 0.3) is 0 Å². The van der Waals surface area contributed by atoms with Gasteiger partial charge in [-0.25, -0.2) is 0 Å². The van der Waals surface area contributed by atoms with Crippen LogP contribution in [0.2, 0.25) is 0 Å². The van der Waals surface area contributed by atoms with Gasteiger partial charge in [0.1, 0.15) is 0 Å². The molecule has 0 radical (unpaired) electrons. The molecule has 1 heteroatoms. The lowest BCUT2D eigenvalue weighted by atomic mass is 9.63. The van der Waals surface area contributed by atoms with Gasteiger partial charge < -0.3 is 5.73 Å². The Morgan fingerprint density at radius 3 is 2.35 bits per heavy atom. The molecule has 0 heterocycles. The van der Waals surface area contributed by atoms with Crippen LogP contribution in [0.5, 0.6) is 0 Å². The summed E-state index contributed by atoms with van der Waals surface area (Å²) in [6.07, 6.45) is 12.7. The average molecular weight is 237 g/mol. The molecule has 0 aromatic heterocycles. The summed E-state index contributed by atoms with van der Waals surface area (Å²) in [6.45, 7) is 4.74. The van der Waals surface area contributed by atoms with Crippen LogP contribution in [0.15, 0.2) is 0 Å². The smallest absolute Gasteiger partial charge is 0.00701 e. The SMILES string of the molecule is CCC1CCC(N)C(C2CCCCC2CC)C1. The summed E-state index contributed by atoms with van der Waals surface area (Å²) in [5, 5.41) is 0. The van der Waals surface area contributed by atoms with Crippen molar-refractivity contribution in [2.24, 2.45) is 29.4 Å². The normalized spacial score (nSPS) is 43.6. The van der Waals surface area contributed by atoms with E-state index in [2.05, 4.69) is 13.8 Å². The first-order valence-electron chi connectivity index (χ1n) is 8.01. The van der Waals surface area contributed by atoms with Crippen LogP contribution in [0.1, 0.15) is 71.6 Å². The number of hydrogen-bond acceptors (Lipinski definition) is 1. The second kappa shape index (κ2) is 6.22. The van der Waals surface area contributed by atoms with E-state index in [9.17, 15) is 0 Å². The molecule has 0 spiro atoms. The molecule has 0 saturated heterocycles. The zero-order chi connectivity index (χ0) is 12.3. The van der Waals surface area contributed by atoms with Crippen LogP contribution in [0.3, 0.4) is 0 Å². The molecule has 100 valence electrons. The first-order valence-corrected chi connectivity index (χ1v) is 8.01. The predicted molar refractivity (Wildman–Crippen MR) is 74.8 cm³/mol. The van der Waals surface area contributed by atoms with E-state index in [1.807, 2.05) is 0 Å². The molecular weight excluding hydrogens is 206 g/mol. The van der Waals surface area contributed by atoms with Crippen LogP contribution in [0.25, 0.3) is 0 Å². The lowest BCUT2D eigenvalue weighted by Crippen LogP contribution is -2.43. The molecule has 0 aromatic rings. The molecule has 2 N–H and O–H groups in total. The Bertz CT molecular complexity index is 226. The Labute approximate surface area is 108 Å². The Morgan fingerprint density at radius 2 is 1.65 bits per heavy atom. The first-order chi connectivity index (χ1) is 8.26. The quantitative estimate of drug-likeness (QED) is 0.775. The van der Waals surface area contributed by atoms with Gasteiger partial charge in [-0.15, -0.1) is 0 Å². The predicted octanol–water partition coefficient (Wildman–Crippen LogP) is 4.36. The van der Waals surface area contributed by atoms with Crippen molar-refractivity contribution in [2.45, 2.75) is 77.7 Å². The van der Waals surface area contributed by atoms with Gasteiger partial charge in [-0.2, -0.15) is 0 Å². The summed E-state index contributed by atoms with van der Waals surface area (Å²) >= 11 is 0. The fraction of sp³-hybridized carbons (Fsp3) is 1.00. The second-order valence-electron chi connectivity index (χ2n) is 6.53. The van der Waals surface area contributed by atoms with Crippen LogP contribution in [-0.2, 0) is 0 Å². The van der Waals surface area contributed by atoms with Crippen molar-refractivity contribution in [3.05, 3.63) is 0 Å². The third-order valence-corrected chi connectivity index (χ3v) is 5.68. The third kappa shape index (κ3) is 3.05. The van der Waals surface area contributed by atoms with Crippen molar-refractivity contribution in [3.8, 4) is 0 Å². The van der Waals surface area contributed by atoms with E-state index in [4.69, 9.17) is 5.73 Å². The average Bonchev–Trinajstić information content (AvgIpc) is 2.39. The van der Waals surface area contributed by atoms with Gasteiger partial charge >= 0.3 is 0 Å². The highest BCUT2D eigenvalue weighted by molar-refractivity contribution is 4.90. The summed E-state index contributed by atoms with van der Waals surface area (Å²) in [5.41, 5.74) is 6.44. The van der Waals surface area contributed by atoms with Crippen molar-refractivity contribution >= 4 is 0 Å². The maximum Gasteiger partial charge on any atom is 0.00701 e. The third-order valence-electron chi connectivity index (χ3n) is 5.68. The van der Waals surface area contributed by atoms with Crippen LogP contribution in [-0.4, -0.2) is 6.04 Å². The monoisotopic (exact) mass is 237 g/mol. The van der Waals surface area contributed by atoms with Gasteiger partial charge in [0.05, 0.1) is 0 Å². The fourth-order valence-electron chi connectivity index (χ4n) is 4.49. The maximum atomic E-state index is 6.44. The lowest BCUT2D eigenvalue weighted by Gasteiger charge is -2.44. The molecule has 1 nitrogen and oxygen atoms in total. The number of hydrogen-bond donors (Lipinski definition) is 1. The summed E-state index contributed by atoms with van der Waals surface area (Å²) in [7, 11) is 0. The lowest BCUT2D eigenvalue weighted by molar-refractivity contribution is 0.0868. The molecule has 0 aliphatic heterocycles. The summed E-state index contributed by atoms with van der Waals surface area (Å²) in [4.78, 5) is 0. The zero-order valence-electron chi connectivity index (χ0n) is 11.8. The van der Waals surface area contributed by atoms with E-state index in [0.29, 0.717) is 6.04 Å². The van der Waals surface area contributed by atoms with E-state index >= 15 is 0 Å². The first kappa shape index (κ1) is 13.4. The standard InChI is InChI=1S/C16H31N/c1-3-12-9-10-16(17)15(11-12)14-8-6-5-7-13(14)4-2/h12-16H,3-11,17H2,1-2H3. The highest BCUT2D eigenvalue weighted by Gasteiger charge is 2.37. The fourth-order valence-corrected chi connectivity index (χ4v) is 4.49. The van der Waals surface area contributed by atoms with E-state index in [-0.39, 0.29) is 0 Å². The van der Waals surface area contributed by atoms with Gasteiger partial charge in [-0.3, -0.25) is 0 Å². The van der Waals surface area contributed by atoms with Gasteiger partial charge in [-0.1, -0.05) is 46.0 Å². The van der Waals surface area contributed by atoms with Gasteiger partial charge in [0.2, 0.25) is 0 Å². The second-order valence-corrected chi connectivity index (χ2v) is 6.53. The Balaban J connectivity index is 2.01. The molecule has 17 heavy (non-hydrogen) atoms. The van der Waals surface area contributed by atoms with Crippen molar-refractivity contribution < 1.29 is 0 Å². The van der Waals surface area contributed by atoms with Crippen molar-refractivity contribution in [2.75, 3.05) is 0 Å². The Morgan fingerprint density at radius 1 is 0.882 bits per heavy atom. The molecular formula is C16H31N. The van der Waals surface area contributed by atoms with E-state index in [1.165, 1.54) is 57.8 Å². The van der Waals surface area contributed by atoms with Gasteiger partial charge in [0.15, 0.2) is 0 Å². The Hall–Kier alpha value is -0.0400. The Kier molecular flexibility index (Phi) is 4.90. The van der Waals surface area contributed by atoms with Crippen molar-refractivity contribution in [1.82, 2.24) is 0 Å². The topological polar surface area (TPSA) is 26.0 Å². The largest absolute Gasteiger partial charge is 0.327 e. The minimum absolute atomic E-state index is 0.509. The van der Waals surface area contributed by atoms with Crippen LogP contribution in [0, 0.1) is 23.7 Å². The molecule has 2 fully saturated rings. The highest BCUT2D eigenvalue weighted by Crippen LogP contribution is 2.44. The van der Waals surface area contributed by atoms with Crippen LogP contribution < -0.4 is 5.73 Å². The molecule has 2 rings (SSSR count). The maximum absolute atomic E-state index is 6.44. The molecule has 0 aromatic carbocycles. The van der Waals surface area contributed by atoms with Crippen molar-refractivity contribution in [1.29, 1.82) is 0 Å². The van der Waals surface area contributed by atoms with E-state index in [0.717, 1.165) is 23.7 Å². The summed E-state index contributed by atoms with van der Waals surface area (Å²) in [5.74, 6) is 3.76. The molecule has 5 atom stereocenters. The minimum Gasteiger partial charge on any atom is -0.327 e. The molecule has 2 saturated carbocycles. The highest BCUT2D eigenvalue weighted by atomic mass is 14.7. The van der Waals surface area contributed by atoms with Crippen molar-refractivity contribution in [3.63, 3.8) is 0 Å². The summed E-state index contributed by atoms with van der Waals surface area (Å²) in [6, 6.07) is 0.509. The van der Waals surface area contributed by atoms with Gasteiger partial charge in [0, 0.05) is 6.04 Å². The van der Waals surface area contributed by atoms with Crippen LogP contribution in [0.4, 0.5) is 0 Å². The molecule has 2 aliphatic carbocycles. The molecule has 2 aliphatic rings. The van der Waals surface area contributed by atoms with E-state index in [1.54, 1.807) is 0 Å². The minimum atomic E-state index is 0.509. The number of rotatable bonds is 3. The zero-order valence-corrected chi connectivity index (χ0v) is 11.8. The summed E-state index contributed by atoms with van der Waals surface area (Å²) < 4.78 is 0. The molecule has 0 amide bonds. The molecule has 0 bridgehead atoms. The van der Waals surface area contributed by atoms with E-state index < -0.39 is 0 Å².